The van der Waals surface area contributed by atoms with Crippen molar-refractivity contribution in [3.05, 3.63) is 0 Å². The SMILES string of the molecule is CCCCCCCC(C(N)=O)C1COP(C)OC1C.Cl.N. The highest BCUT2D eigenvalue weighted by atomic mass is 35.5. The summed E-state index contributed by atoms with van der Waals surface area (Å²) in [5.74, 6) is -0.204. The Balaban J connectivity index is 0. The van der Waals surface area contributed by atoms with Gasteiger partial charge in [-0.25, -0.2) is 0 Å². The first-order chi connectivity index (χ1) is 9.06. The molecular formula is C14H32ClN2O3P. The van der Waals surface area contributed by atoms with Gasteiger partial charge in [0.2, 0.25) is 5.91 Å². The van der Waals surface area contributed by atoms with E-state index in [1.165, 1.54) is 25.7 Å². The molecule has 1 fully saturated rings. The van der Waals surface area contributed by atoms with E-state index < -0.39 is 8.38 Å². The number of halogens is 1. The summed E-state index contributed by atoms with van der Waals surface area (Å²) in [5.41, 5.74) is 5.56. The van der Waals surface area contributed by atoms with Gasteiger partial charge in [-0.15, -0.1) is 12.4 Å². The monoisotopic (exact) mass is 342 g/mol. The van der Waals surface area contributed by atoms with Crippen LogP contribution in [0.5, 0.6) is 0 Å². The predicted molar refractivity (Wildman–Crippen MR) is 91.2 cm³/mol. The van der Waals surface area contributed by atoms with Gasteiger partial charge in [0.05, 0.1) is 12.7 Å². The normalized spacial score (nSPS) is 26.3. The first-order valence-electron chi connectivity index (χ1n) is 7.39. The number of hydrogen-bond acceptors (Lipinski definition) is 4. The Morgan fingerprint density at radius 3 is 2.48 bits per heavy atom. The molecular weight excluding hydrogens is 311 g/mol. The Morgan fingerprint density at radius 1 is 1.33 bits per heavy atom. The lowest BCUT2D eigenvalue weighted by Gasteiger charge is -2.36. The molecule has 0 aromatic carbocycles. The third-order valence-corrected chi connectivity index (χ3v) is 5.01. The maximum atomic E-state index is 11.7. The molecule has 0 saturated carbocycles. The Morgan fingerprint density at radius 2 is 1.95 bits per heavy atom. The van der Waals surface area contributed by atoms with E-state index in [4.69, 9.17) is 14.8 Å². The van der Waals surface area contributed by atoms with Crippen molar-refractivity contribution in [2.45, 2.75) is 58.5 Å². The smallest absolute Gasteiger partial charge is 0.220 e. The van der Waals surface area contributed by atoms with Crippen LogP contribution >= 0.6 is 20.8 Å². The molecule has 0 radical (unpaired) electrons. The van der Waals surface area contributed by atoms with Gasteiger partial charge in [-0.05, 0) is 13.3 Å². The molecule has 5 N–H and O–H groups in total. The van der Waals surface area contributed by atoms with Crippen LogP contribution in [0.1, 0.15) is 52.4 Å². The second-order valence-corrected chi connectivity index (χ2v) is 6.77. The van der Waals surface area contributed by atoms with Gasteiger partial charge in [0.15, 0.2) is 8.38 Å². The van der Waals surface area contributed by atoms with Crippen LogP contribution in [0.3, 0.4) is 0 Å². The van der Waals surface area contributed by atoms with Crippen LogP contribution in [-0.4, -0.2) is 25.3 Å². The minimum absolute atomic E-state index is 0. The molecule has 1 amide bonds. The molecule has 1 aliphatic heterocycles. The number of carbonyl (C=O) groups is 1. The average molecular weight is 343 g/mol. The molecule has 5 nitrogen and oxygen atoms in total. The zero-order valence-corrected chi connectivity index (χ0v) is 15.3. The quantitative estimate of drug-likeness (QED) is 0.514. The van der Waals surface area contributed by atoms with Gasteiger partial charge >= 0.3 is 0 Å². The minimum Gasteiger partial charge on any atom is -0.369 e. The summed E-state index contributed by atoms with van der Waals surface area (Å²) >= 11 is 0. The molecule has 1 heterocycles. The summed E-state index contributed by atoms with van der Waals surface area (Å²) in [5, 5.41) is 0. The lowest BCUT2D eigenvalue weighted by molar-refractivity contribution is -0.126. The fourth-order valence-electron chi connectivity index (χ4n) is 2.65. The fourth-order valence-corrected chi connectivity index (χ4v) is 3.72. The number of unbranched alkanes of at least 4 members (excludes halogenated alkanes) is 4. The number of nitrogens with two attached hydrogens (primary N) is 1. The molecule has 21 heavy (non-hydrogen) atoms. The molecule has 128 valence electrons. The van der Waals surface area contributed by atoms with Crippen LogP contribution in [0.4, 0.5) is 0 Å². The third kappa shape index (κ3) is 8.32. The summed E-state index contributed by atoms with van der Waals surface area (Å²) in [6.07, 6.45) is 6.93. The summed E-state index contributed by atoms with van der Waals surface area (Å²) in [7, 11) is -0.775. The van der Waals surface area contributed by atoms with Gasteiger partial charge in [0.1, 0.15) is 0 Å². The number of amides is 1. The first kappa shape index (κ1) is 23.3. The van der Waals surface area contributed by atoms with E-state index in [1.54, 1.807) is 0 Å². The Labute approximate surface area is 136 Å². The Bertz CT molecular complexity index is 285. The molecule has 1 rings (SSSR count). The van der Waals surface area contributed by atoms with Gasteiger partial charge < -0.3 is 20.9 Å². The van der Waals surface area contributed by atoms with Crippen molar-refractivity contribution in [1.82, 2.24) is 6.15 Å². The second kappa shape index (κ2) is 12.6. The number of hydrogen-bond donors (Lipinski definition) is 2. The maximum absolute atomic E-state index is 11.7. The summed E-state index contributed by atoms with van der Waals surface area (Å²) in [6.45, 7) is 6.78. The van der Waals surface area contributed by atoms with E-state index in [-0.39, 0.29) is 42.4 Å². The van der Waals surface area contributed by atoms with Crippen molar-refractivity contribution >= 4 is 26.7 Å². The van der Waals surface area contributed by atoms with Crippen LogP contribution in [0.2, 0.25) is 0 Å². The molecule has 4 unspecified atom stereocenters. The highest BCUT2D eigenvalue weighted by Gasteiger charge is 2.35. The van der Waals surface area contributed by atoms with Gasteiger partial charge in [-0.2, -0.15) is 0 Å². The topological polar surface area (TPSA) is 96.6 Å². The van der Waals surface area contributed by atoms with E-state index in [9.17, 15) is 4.79 Å². The number of carbonyl (C=O) groups excluding carboxylic acids is 1. The minimum atomic E-state index is -0.775. The van der Waals surface area contributed by atoms with Crippen LogP contribution in [0.25, 0.3) is 0 Å². The van der Waals surface area contributed by atoms with Crippen LogP contribution in [0.15, 0.2) is 0 Å². The highest BCUT2D eigenvalue weighted by Crippen LogP contribution is 2.44. The molecule has 0 aromatic heterocycles. The van der Waals surface area contributed by atoms with Gasteiger partial charge in [0, 0.05) is 18.5 Å². The van der Waals surface area contributed by atoms with E-state index in [1.807, 2.05) is 13.6 Å². The summed E-state index contributed by atoms with van der Waals surface area (Å²) in [6, 6.07) is 0. The molecule has 1 saturated heterocycles. The zero-order chi connectivity index (χ0) is 14.3. The standard InChI is InChI=1S/C14H28NO3P.ClH.H3N/c1-4-5-6-7-8-9-12(14(15)16)13-10-17-19(3)18-11(13)2;;/h11-13H,4-10H2,1-3H3,(H2,15,16);1H;1H3. The second-order valence-electron chi connectivity index (χ2n) is 5.42. The lowest BCUT2D eigenvalue weighted by Crippen LogP contribution is -2.40. The molecule has 0 aliphatic carbocycles. The average Bonchev–Trinajstić information content (AvgIpc) is 2.35. The van der Waals surface area contributed by atoms with E-state index in [0.29, 0.717) is 6.61 Å². The van der Waals surface area contributed by atoms with Crippen molar-refractivity contribution in [2.75, 3.05) is 13.3 Å². The Hall–Kier alpha value is 0.0700. The van der Waals surface area contributed by atoms with Gasteiger partial charge in [-0.3, -0.25) is 4.79 Å². The van der Waals surface area contributed by atoms with Crippen molar-refractivity contribution in [3.63, 3.8) is 0 Å². The van der Waals surface area contributed by atoms with Crippen molar-refractivity contribution in [1.29, 1.82) is 0 Å². The van der Waals surface area contributed by atoms with Crippen LogP contribution in [0, 0.1) is 11.8 Å². The van der Waals surface area contributed by atoms with Crippen molar-refractivity contribution < 1.29 is 13.8 Å². The predicted octanol–water partition coefficient (Wildman–Crippen LogP) is 4.03. The van der Waals surface area contributed by atoms with E-state index in [0.717, 1.165) is 12.8 Å². The summed E-state index contributed by atoms with van der Waals surface area (Å²) in [4.78, 5) is 11.7. The molecule has 0 aromatic rings. The van der Waals surface area contributed by atoms with E-state index >= 15 is 0 Å². The molecule has 0 spiro atoms. The van der Waals surface area contributed by atoms with Gasteiger partial charge in [-0.1, -0.05) is 39.0 Å². The first-order valence-corrected chi connectivity index (χ1v) is 9.01. The molecule has 7 heteroatoms. The maximum Gasteiger partial charge on any atom is 0.220 e. The van der Waals surface area contributed by atoms with Crippen LogP contribution in [-0.2, 0) is 13.8 Å². The van der Waals surface area contributed by atoms with Gasteiger partial charge in [0.25, 0.3) is 0 Å². The third-order valence-electron chi connectivity index (χ3n) is 3.87. The molecule has 0 bridgehead atoms. The Kier molecular flexibility index (Phi) is 14.0. The van der Waals surface area contributed by atoms with Crippen molar-refractivity contribution in [3.8, 4) is 0 Å². The number of rotatable bonds is 8. The lowest BCUT2D eigenvalue weighted by atomic mass is 9.84. The molecule has 1 aliphatic rings. The molecule has 4 atom stereocenters. The fraction of sp³-hybridized carbons (Fsp3) is 0.929. The highest BCUT2D eigenvalue weighted by molar-refractivity contribution is 7.46. The van der Waals surface area contributed by atoms with Crippen LogP contribution < -0.4 is 11.9 Å². The largest absolute Gasteiger partial charge is 0.369 e. The summed E-state index contributed by atoms with van der Waals surface area (Å²) < 4.78 is 11.3. The zero-order valence-electron chi connectivity index (χ0n) is 13.5. The number of primary amides is 1. The van der Waals surface area contributed by atoms with Crippen molar-refractivity contribution in [2.24, 2.45) is 17.6 Å². The van der Waals surface area contributed by atoms with E-state index in [2.05, 4.69) is 6.92 Å².